The van der Waals surface area contributed by atoms with Gasteiger partial charge in [-0.15, -0.1) is 0 Å². The van der Waals surface area contributed by atoms with Gasteiger partial charge in [-0.3, -0.25) is 10.1 Å². The molecule has 0 bridgehead atoms. The van der Waals surface area contributed by atoms with E-state index < -0.39 is 26.8 Å². The van der Waals surface area contributed by atoms with Crippen molar-refractivity contribution < 1.29 is 13.9 Å². The van der Waals surface area contributed by atoms with E-state index >= 15 is 0 Å². The van der Waals surface area contributed by atoms with Crippen molar-refractivity contribution in [2.75, 3.05) is 0 Å². The Bertz CT molecular complexity index is 515. The van der Waals surface area contributed by atoms with Crippen molar-refractivity contribution in [3.8, 4) is 0 Å². The van der Waals surface area contributed by atoms with Gasteiger partial charge in [0.1, 0.15) is 21.9 Å². The Morgan fingerprint density at radius 3 is 2.65 bits per heavy atom. The van der Waals surface area contributed by atoms with E-state index in [2.05, 4.69) is 4.40 Å². The number of aryl methyl sites for hydroxylation is 1. The smallest absolute Gasteiger partial charge is 0.269 e. The summed E-state index contributed by atoms with van der Waals surface area (Å²) >= 11 is -1.34. The summed E-state index contributed by atoms with van der Waals surface area (Å²) < 4.78 is 28.6. The molecule has 0 N–H and O–H groups in total. The van der Waals surface area contributed by atoms with Crippen LogP contribution in [0.15, 0.2) is 22.6 Å². The fraction of sp³-hybridized carbons (Fsp3) is 0.462. The quantitative estimate of drug-likeness (QED) is 0.362. The number of halogens is 1. The van der Waals surface area contributed by atoms with Crippen LogP contribution in [0.4, 0.5) is 10.1 Å². The fourth-order valence-electron chi connectivity index (χ4n) is 1.36. The molecule has 0 heterocycles. The molecule has 0 saturated carbocycles. The second-order valence-electron chi connectivity index (χ2n) is 5.22. The zero-order valence-electron chi connectivity index (χ0n) is 11.6. The van der Waals surface area contributed by atoms with Gasteiger partial charge in [-0.2, -0.15) is 0 Å². The van der Waals surface area contributed by atoms with Crippen molar-refractivity contribution in [1.82, 2.24) is 0 Å². The highest BCUT2D eigenvalue weighted by molar-refractivity contribution is 7.91. The first-order valence-electron chi connectivity index (χ1n) is 6.09. The molecule has 1 atom stereocenters. The normalized spacial score (nSPS) is 13.7. The highest BCUT2D eigenvalue weighted by Gasteiger charge is 2.25. The van der Waals surface area contributed by atoms with E-state index in [-0.39, 0.29) is 17.7 Å². The van der Waals surface area contributed by atoms with Crippen molar-refractivity contribution in [2.24, 2.45) is 4.40 Å². The Morgan fingerprint density at radius 2 is 2.10 bits per heavy atom. The van der Waals surface area contributed by atoms with E-state index in [4.69, 9.17) is 0 Å². The van der Waals surface area contributed by atoms with Gasteiger partial charge in [0.05, 0.1) is 11.1 Å². The van der Waals surface area contributed by atoms with Crippen LogP contribution in [-0.4, -0.2) is 20.4 Å². The van der Waals surface area contributed by atoms with Gasteiger partial charge in [0, 0.05) is 12.1 Å². The standard InChI is InChI=1S/C13H17FN2O3S/c1-13(2,3)20(19)15-8-4-5-10-9-11(16(17)18)6-7-12(10)14/h6-9H,4-5H2,1-3H3/b15-8+/t20-/m1/s1. The maximum Gasteiger partial charge on any atom is 0.269 e. The molecule has 0 radical (unpaired) electrons. The first-order chi connectivity index (χ1) is 9.21. The van der Waals surface area contributed by atoms with Crippen LogP contribution in [-0.2, 0) is 17.8 Å². The number of nitrogens with zero attached hydrogens (tertiary/aromatic N) is 2. The molecule has 0 saturated heterocycles. The van der Waals surface area contributed by atoms with Crippen LogP contribution in [0.1, 0.15) is 32.8 Å². The Morgan fingerprint density at radius 1 is 1.45 bits per heavy atom. The predicted octanol–water partition coefficient (Wildman–Crippen LogP) is 3.20. The van der Waals surface area contributed by atoms with Gasteiger partial charge in [-0.05, 0) is 45.2 Å². The number of nitro benzene ring substituents is 1. The van der Waals surface area contributed by atoms with Crippen molar-refractivity contribution >= 4 is 23.3 Å². The Hall–Kier alpha value is -1.47. The Kier molecular flexibility index (Phi) is 5.64. The van der Waals surface area contributed by atoms with Gasteiger partial charge in [-0.25, -0.2) is 4.39 Å². The van der Waals surface area contributed by atoms with Crippen LogP contribution in [0.25, 0.3) is 0 Å². The molecule has 1 rings (SSSR count). The third kappa shape index (κ3) is 4.90. The van der Waals surface area contributed by atoms with Crippen LogP contribution < -0.4 is 0 Å². The summed E-state index contributed by atoms with van der Waals surface area (Å²) in [6, 6.07) is 3.42. The maximum atomic E-state index is 13.5. The number of hydrogen-bond acceptors (Lipinski definition) is 4. The molecule has 5 nitrogen and oxygen atoms in total. The summed E-state index contributed by atoms with van der Waals surface area (Å²) in [6.45, 7) is 5.42. The number of non-ortho nitro benzene ring substituents is 1. The average Bonchev–Trinajstić information content (AvgIpc) is 2.34. The Labute approximate surface area is 120 Å². The zero-order chi connectivity index (χ0) is 15.3. The van der Waals surface area contributed by atoms with Crippen LogP contribution in [0.2, 0.25) is 0 Å². The molecule has 0 aliphatic rings. The molecule has 110 valence electrons. The van der Waals surface area contributed by atoms with Crippen LogP contribution in [0, 0.1) is 15.9 Å². The first kappa shape index (κ1) is 16.6. The van der Waals surface area contributed by atoms with E-state index in [9.17, 15) is 19.1 Å². The summed E-state index contributed by atoms with van der Waals surface area (Å²) in [7, 11) is 0. The lowest BCUT2D eigenvalue weighted by Gasteiger charge is -2.17. The third-order valence-corrected chi connectivity index (χ3v) is 3.87. The van der Waals surface area contributed by atoms with Crippen LogP contribution in [0.3, 0.4) is 0 Å². The van der Waals surface area contributed by atoms with E-state index in [1.54, 1.807) is 20.8 Å². The number of rotatable bonds is 5. The minimum atomic E-state index is -1.34. The second kappa shape index (κ2) is 6.81. The predicted molar refractivity (Wildman–Crippen MR) is 77.8 cm³/mol. The molecule has 0 aliphatic heterocycles. The molecule has 1 aromatic carbocycles. The SMILES string of the molecule is CC(C)(C)[S@@+]([O-])/N=C/CCc1cc([N+](=O)[O-])ccc1F. The molecule has 0 aromatic heterocycles. The molecule has 0 spiro atoms. The van der Waals surface area contributed by atoms with Gasteiger partial charge < -0.3 is 4.55 Å². The lowest BCUT2D eigenvalue weighted by molar-refractivity contribution is -0.385. The lowest BCUT2D eigenvalue weighted by Crippen LogP contribution is -2.25. The van der Waals surface area contributed by atoms with Crippen molar-refractivity contribution in [3.05, 3.63) is 39.7 Å². The third-order valence-electron chi connectivity index (χ3n) is 2.48. The minimum Gasteiger partial charge on any atom is -0.591 e. The van der Waals surface area contributed by atoms with E-state index in [1.807, 2.05) is 0 Å². The first-order valence-corrected chi connectivity index (χ1v) is 7.20. The topological polar surface area (TPSA) is 78.6 Å². The molecule has 20 heavy (non-hydrogen) atoms. The molecule has 0 amide bonds. The van der Waals surface area contributed by atoms with E-state index in [1.165, 1.54) is 12.3 Å². The molecular weight excluding hydrogens is 283 g/mol. The molecular formula is C13H17FN2O3S. The highest BCUT2D eigenvalue weighted by Crippen LogP contribution is 2.19. The molecule has 1 aromatic rings. The minimum absolute atomic E-state index is 0.142. The number of nitro groups is 1. The lowest BCUT2D eigenvalue weighted by atomic mass is 10.1. The molecule has 0 fully saturated rings. The van der Waals surface area contributed by atoms with Gasteiger partial charge in [0.2, 0.25) is 0 Å². The molecule has 0 aliphatic carbocycles. The number of benzene rings is 1. The van der Waals surface area contributed by atoms with Gasteiger partial charge >= 0.3 is 0 Å². The monoisotopic (exact) mass is 300 g/mol. The maximum absolute atomic E-state index is 13.5. The van der Waals surface area contributed by atoms with E-state index in [0.29, 0.717) is 6.42 Å². The largest absolute Gasteiger partial charge is 0.591 e. The molecule has 7 heteroatoms. The summed E-state index contributed by atoms with van der Waals surface area (Å²) in [5.74, 6) is -0.485. The van der Waals surface area contributed by atoms with Gasteiger partial charge in [0.25, 0.3) is 5.69 Å². The van der Waals surface area contributed by atoms with Crippen LogP contribution in [0.5, 0.6) is 0 Å². The second-order valence-corrected chi connectivity index (χ2v) is 7.15. The van der Waals surface area contributed by atoms with Crippen molar-refractivity contribution in [2.45, 2.75) is 38.4 Å². The van der Waals surface area contributed by atoms with Crippen molar-refractivity contribution in [3.63, 3.8) is 0 Å². The fourth-order valence-corrected chi connectivity index (χ4v) is 1.92. The van der Waals surface area contributed by atoms with Gasteiger partial charge in [0.15, 0.2) is 0 Å². The Balaban J connectivity index is 2.64. The van der Waals surface area contributed by atoms with Crippen LogP contribution >= 0.6 is 0 Å². The number of hydrogen-bond donors (Lipinski definition) is 0. The summed E-state index contributed by atoms with van der Waals surface area (Å²) in [6.07, 6.45) is 2.12. The summed E-state index contributed by atoms with van der Waals surface area (Å²) in [5, 5.41) is 10.6. The van der Waals surface area contributed by atoms with Gasteiger partial charge in [-0.1, -0.05) is 4.40 Å². The van der Waals surface area contributed by atoms with E-state index in [0.717, 1.165) is 12.1 Å². The summed E-state index contributed by atoms with van der Waals surface area (Å²) in [5.41, 5.74) is 0.115. The average molecular weight is 300 g/mol. The highest BCUT2D eigenvalue weighted by atomic mass is 32.2. The van der Waals surface area contributed by atoms with Crippen molar-refractivity contribution in [1.29, 1.82) is 0 Å². The zero-order valence-corrected chi connectivity index (χ0v) is 12.4. The molecule has 0 unspecified atom stereocenters. The summed E-state index contributed by atoms with van der Waals surface area (Å²) in [4.78, 5) is 10.0.